The number of carbonyl (C=O) groups is 1. The first-order chi connectivity index (χ1) is 9.48. The molecule has 0 spiro atoms. The number of hydrogen-bond donors (Lipinski definition) is 2. The van der Waals surface area contributed by atoms with Gasteiger partial charge in [0.1, 0.15) is 0 Å². The van der Waals surface area contributed by atoms with Crippen molar-refractivity contribution in [1.29, 1.82) is 0 Å². The Morgan fingerprint density at radius 1 is 1.55 bits per heavy atom. The molecule has 1 aromatic rings. The van der Waals surface area contributed by atoms with Gasteiger partial charge in [0.25, 0.3) is 0 Å². The van der Waals surface area contributed by atoms with E-state index in [1.165, 1.54) is 0 Å². The molecule has 1 aromatic carbocycles. The summed E-state index contributed by atoms with van der Waals surface area (Å²) in [5.74, 6) is 0.115. The molecule has 5 heteroatoms. The number of carbonyl (C=O) groups excluding carboxylic acids is 1. The summed E-state index contributed by atoms with van der Waals surface area (Å²) in [6.07, 6.45) is 0.880. The molecule has 20 heavy (non-hydrogen) atoms. The average molecular weight is 296 g/mol. The van der Waals surface area contributed by atoms with Crippen molar-refractivity contribution in [2.45, 2.75) is 26.4 Å². The molecule has 4 nitrogen and oxygen atoms in total. The van der Waals surface area contributed by atoms with Crippen molar-refractivity contribution in [3.8, 4) is 0 Å². The molecule has 1 heterocycles. The second-order valence-electron chi connectivity index (χ2n) is 5.73. The lowest BCUT2D eigenvalue weighted by Gasteiger charge is -2.23. The van der Waals surface area contributed by atoms with Crippen LogP contribution >= 0.6 is 11.6 Å². The normalized spacial score (nSPS) is 23.0. The molecule has 0 aromatic heterocycles. The van der Waals surface area contributed by atoms with E-state index < -0.39 is 0 Å². The molecule has 1 aliphatic heterocycles. The average Bonchev–Trinajstić information content (AvgIpc) is 2.83. The highest BCUT2D eigenvalue weighted by Crippen LogP contribution is 2.32. The second kappa shape index (κ2) is 6.12. The highest BCUT2D eigenvalue weighted by Gasteiger charge is 2.39. The molecule has 1 atom stereocenters. The largest absolute Gasteiger partial charge is 0.359 e. The lowest BCUT2D eigenvalue weighted by Crippen LogP contribution is -2.39. The maximum absolute atomic E-state index is 11.9. The Hall–Kier alpha value is -1.10. The van der Waals surface area contributed by atoms with Crippen LogP contribution < -0.4 is 11.1 Å². The van der Waals surface area contributed by atoms with Gasteiger partial charge in [0.2, 0.25) is 5.91 Å². The Balaban J connectivity index is 2.04. The van der Waals surface area contributed by atoms with Gasteiger partial charge < -0.3 is 11.1 Å². The zero-order chi connectivity index (χ0) is 14.8. The third-order valence-corrected chi connectivity index (χ3v) is 4.43. The van der Waals surface area contributed by atoms with Gasteiger partial charge in [-0.3, -0.25) is 9.69 Å². The number of nitrogens with two attached hydrogens (primary N) is 1. The second-order valence-corrected chi connectivity index (χ2v) is 6.14. The van der Waals surface area contributed by atoms with Gasteiger partial charge in [0.05, 0.1) is 5.41 Å². The van der Waals surface area contributed by atoms with E-state index >= 15 is 0 Å². The number of amides is 1. The van der Waals surface area contributed by atoms with Crippen molar-refractivity contribution in [1.82, 2.24) is 10.2 Å². The molecular formula is C15H22ClN3O. The van der Waals surface area contributed by atoms with E-state index in [0.717, 1.165) is 42.2 Å². The smallest absolute Gasteiger partial charge is 0.227 e. The van der Waals surface area contributed by atoms with Crippen LogP contribution in [0.15, 0.2) is 18.2 Å². The molecule has 0 radical (unpaired) electrons. The summed E-state index contributed by atoms with van der Waals surface area (Å²) in [6, 6.07) is 5.96. The fraction of sp³-hybridized carbons (Fsp3) is 0.533. The molecule has 1 unspecified atom stereocenters. The SMILES string of the molecule is CNC(=O)C1(C)CCN(Cc2ccc(CN)cc2Cl)C1. The minimum atomic E-state index is -0.293. The zero-order valence-corrected chi connectivity index (χ0v) is 12.8. The van der Waals surface area contributed by atoms with Crippen molar-refractivity contribution in [2.24, 2.45) is 11.1 Å². The summed E-state index contributed by atoms with van der Waals surface area (Å²) in [4.78, 5) is 14.2. The van der Waals surface area contributed by atoms with Crippen LogP contribution in [0.3, 0.4) is 0 Å². The predicted octanol–water partition coefficient (Wildman–Crippen LogP) is 1.76. The fourth-order valence-corrected chi connectivity index (χ4v) is 3.03. The number of nitrogens with one attached hydrogen (secondary N) is 1. The Kier molecular flexibility index (Phi) is 4.68. The molecule has 1 fully saturated rings. The van der Waals surface area contributed by atoms with Crippen molar-refractivity contribution < 1.29 is 4.79 Å². The third kappa shape index (κ3) is 3.14. The first-order valence-corrected chi connectivity index (χ1v) is 7.28. The van der Waals surface area contributed by atoms with E-state index in [1.54, 1.807) is 7.05 Å². The van der Waals surface area contributed by atoms with Crippen molar-refractivity contribution in [3.05, 3.63) is 34.3 Å². The molecule has 1 amide bonds. The van der Waals surface area contributed by atoms with Crippen LogP contribution in [-0.4, -0.2) is 30.9 Å². The summed E-state index contributed by atoms with van der Waals surface area (Å²) in [5, 5.41) is 3.50. The van der Waals surface area contributed by atoms with Crippen LogP contribution in [0.1, 0.15) is 24.5 Å². The van der Waals surface area contributed by atoms with E-state index in [2.05, 4.69) is 10.2 Å². The molecule has 2 rings (SSSR count). The number of nitrogens with zero attached hydrogens (tertiary/aromatic N) is 1. The van der Waals surface area contributed by atoms with E-state index in [4.69, 9.17) is 17.3 Å². The van der Waals surface area contributed by atoms with Crippen LogP contribution in [0.2, 0.25) is 5.02 Å². The van der Waals surface area contributed by atoms with E-state index in [0.29, 0.717) is 6.54 Å². The number of benzene rings is 1. The first-order valence-electron chi connectivity index (χ1n) is 6.90. The number of likely N-dealkylation sites (tertiary alicyclic amines) is 1. The highest BCUT2D eigenvalue weighted by atomic mass is 35.5. The summed E-state index contributed by atoms with van der Waals surface area (Å²) in [7, 11) is 1.69. The number of rotatable bonds is 4. The summed E-state index contributed by atoms with van der Waals surface area (Å²) >= 11 is 6.29. The topological polar surface area (TPSA) is 58.4 Å². The van der Waals surface area contributed by atoms with Gasteiger partial charge in [0.15, 0.2) is 0 Å². The fourth-order valence-electron chi connectivity index (χ4n) is 2.77. The lowest BCUT2D eigenvalue weighted by molar-refractivity contribution is -0.129. The van der Waals surface area contributed by atoms with E-state index in [9.17, 15) is 4.79 Å². The molecule has 1 aliphatic rings. The van der Waals surface area contributed by atoms with Crippen molar-refractivity contribution in [3.63, 3.8) is 0 Å². The van der Waals surface area contributed by atoms with Crippen molar-refractivity contribution in [2.75, 3.05) is 20.1 Å². The molecule has 0 aliphatic carbocycles. The Labute approximate surface area is 125 Å². The minimum Gasteiger partial charge on any atom is -0.359 e. The molecule has 110 valence electrons. The Bertz CT molecular complexity index is 506. The van der Waals surface area contributed by atoms with Crippen LogP contribution in [0.4, 0.5) is 0 Å². The Morgan fingerprint density at radius 2 is 2.30 bits per heavy atom. The monoisotopic (exact) mass is 295 g/mol. The van der Waals surface area contributed by atoms with Crippen molar-refractivity contribution >= 4 is 17.5 Å². The Morgan fingerprint density at radius 3 is 2.90 bits per heavy atom. The van der Waals surface area contributed by atoms with Gasteiger partial charge >= 0.3 is 0 Å². The number of hydrogen-bond acceptors (Lipinski definition) is 3. The third-order valence-electron chi connectivity index (χ3n) is 4.07. The van der Waals surface area contributed by atoms with Gasteiger partial charge in [-0.1, -0.05) is 23.7 Å². The first kappa shape index (κ1) is 15.3. The molecule has 0 bridgehead atoms. The molecule has 3 N–H and O–H groups in total. The van der Waals surface area contributed by atoms with Gasteiger partial charge in [-0.15, -0.1) is 0 Å². The lowest BCUT2D eigenvalue weighted by atomic mass is 9.89. The minimum absolute atomic E-state index is 0.115. The zero-order valence-electron chi connectivity index (χ0n) is 12.1. The van der Waals surface area contributed by atoms with Crippen LogP contribution in [-0.2, 0) is 17.9 Å². The summed E-state index contributed by atoms with van der Waals surface area (Å²) in [5.41, 5.74) is 7.44. The van der Waals surface area contributed by atoms with Gasteiger partial charge in [0, 0.05) is 31.7 Å². The summed E-state index contributed by atoms with van der Waals surface area (Å²) in [6.45, 7) is 4.97. The standard InChI is InChI=1S/C15H22ClN3O/c1-15(14(20)18-2)5-6-19(10-15)9-12-4-3-11(8-17)7-13(12)16/h3-4,7H,5-6,8-10,17H2,1-2H3,(H,18,20). The van der Waals surface area contributed by atoms with Crippen LogP contribution in [0.5, 0.6) is 0 Å². The molecular weight excluding hydrogens is 274 g/mol. The maximum Gasteiger partial charge on any atom is 0.227 e. The summed E-state index contributed by atoms with van der Waals surface area (Å²) < 4.78 is 0. The van der Waals surface area contributed by atoms with Gasteiger partial charge in [-0.2, -0.15) is 0 Å². The van der Waals surface area contributed by atoms with Crippen LogP contribution in [0.25, 0.3) is 0 Å². The maximum atomic E-state index is 11.9. The van der Waals surface area contributed by atoms with Gasteiger partial charge in [-0.25, -0.2) is 0 Å². The van der Waals surface area contributed by atoms with E-state index in [-0.39, 0.29) is 11.3 Å². The molecule has 1 saturated heterocycles. The number of halogens is 1. The van der Waals surface area contributed by atoms with Gasteiger partial charge in [-0.05, 0) is 37.1 Å². The predicted molar refractivity (Wildman–Crippen MR) is 81.4 cm³/mol. The molecule has 0 saturated carbocycles. The van der Waals surface area contributed by atoms with E-state index in [1.807, 2.05) is 25.1 Å². The van der Waals surface area contributed by atoms with Crippen LogP contribution in [0, 0.1) is 5.41 Å². The highest BCUT2D eigenvalue weighted by molar-refractivity contribution is 6.31. The quantitative estimate of drug-likeness (QED) is 0.890.